The Morgan fingerprint density at radius 2 is 2.50 bits per heavy atom. The predicted molar refractivity (Wildman–Crippen MR) is 30.0 cm³/mol. The zero-order valence-corrected chi connectivity index (χ0v) is 4.73. The van der Waals surface area contributed by atoms with Crippen LogP contribution < -0.4 is 0 Å². The molecule has 0 N–H and O–H groups in total. The average Bonchev–Trinajstić information content (AvgIpc) is 1.66. The Bertz CT molecular complexity index is 127. The molecule has 2 heteroatoms. The Labute approximate surface area is 48.8 Å². The van der Waals surface area contributed by atoms with Gasteiger partial charge in [0.25, 0.3) is 0 Å². The third-order valence-corrected chi connectivity index (χ3v) is 0.444. The van der Waals surface area contributed by atoms with Gasteiger partial charge in [0.15, 0.2) is 0 Å². The third kappa shape index (κ3) is 5.19. The molecule has 1 radical (unpaired) electrons. The highest BCUT2D eigenvalue weighted by molar-refractivity contribution is 5.98. The maximum absolute atomic E-state index is 9.98. The molecule has 0 atom stereocenters. The number of methoxy groups -OCH3 is 1. The third-order valence-electron chi connectivity index (χ3n) is 0.444. The molecule has 2 nitrogen and oxygen atoms in total. The first-order valence-electron chi connectivity index (χ1n) is 2.11. The van der Waals surface area contributed by atoms with Gasteiger partial charge >= 0.3 is 0 Å². The summed E-state index contributed by atoms with van der Waals surface area (Å²) in [5.41, 5.74) is 0. The van der Waals surface area contributed by atoms with Crippen LogP contribution in [0.15, 0.2) is 0 Å². The molecular weight excluding hydrogens is 104 g/mol. The van der Waals surface area contributed by atoms with Crippen molar-refractivity contribution < 1.29 is 9.53 Å². The van der Waals surface area contributed by atoms with Crippen LogP contribution in [0.25, 0.3) is 0 Å². The molecule has 0 unspecified atom stereocenters. The van der Waals surface area contributed by atoms with Crippen LogP contribution in [-0.2, 0) is 9.53 Å². The van der Waals surface area contributed by atoms with Gasteiger partial charge in [-0.05, 0) is 5.92 Å². The van der Waals surface area contributed by atoms with Crippen molar-refractivity contribution in [2.24, 2.45) is 0 Å². The lowest BCUT2D eigenvalue weighted by molar-refractivity contribution is -0.109. The van der Waals surface area contributed by atoms with Crippen molar-refractivity contribution >= 4 is 5.78 Å². The van der Waals surface area contributed by atoms with Crippen LogP contribution in [0, 0.1) is 18.8 Å². The molecule has 8 heavy (non-hydrogen) atoms. The van der Waals surface area contributed by atoms with E-state index in [1.54, 1.807) is 0 Å². The van der Waals surface area contributed by atoms with Gasteiger partial charge in [0.2, 0.25) is 5.78 Å². The Hall–Kier alpha value is -0.810. The van der Waals surface area contributed by atoms with Crippen LogP contribution in [0.5, 0.6) is 0 Å². The minimum absolute atomic E-state index is 0.293. The van der Waals surface area contributed by atoms with E-state index in [0.29, 0.717) is 6.61 Å². The van der Waals surface area contributed by atoms with E-state index in [9.17, 15) is 4.79 Å². The van der Waals surface area contributed by atoms with Crippen LogP contribution in [0.3, 0.4) is 0 Å². The molecule has 0 heterocycles. The Balaban J connectivity index is 3.35. The highest BCUT2D eigenvalue weighted by Crippen LogP contribution is 1.63. The summed E-state index contributed by atoms with van der Waals surface area (Å²) >= 11 is 0. The summed E-state index contributed by atoms with van der Waals surface area (Å²) in [6, 6.07) is 0. The summed E-state index contributed by atoms with van der Waals surface area (Å²) in [5.74, 6) is 4.30. The van der Waals surface area contributed by atoms with Crippen molar-refractivity contribution in [2.75, 3.05) is 13.7 Å². The summed E-state index contributed by atoms with van der Waals surface area (Å²) in [6.45, 7) is 3.34. The Morgan fingerprint density at radius 3 is 2.88 bits per heavy atom. The molecule has 0 saturated carbocycles. The van der Waals surface area contributed by atoms with Gasteiger partial charge in [-0.2, -0.15) is 0 Å². The van der Waals surface area contributed by atoms with Gasteiger partial charge in [-0.15, -0.1) is 0 Å². The number of hydrogen-bond acceptors (Lipinski definition) is 2. The van der Waals surface area contributed by atoms with Crippen LogP contribution in [0.2, 0.25) is 0 Å². The summed E-state index contributed by atoms with van der Waals surface area (Å²) in [5, 5.41) is 0. The first kappa shape index (κ1) is 7.19. The molecule has 43 valence electrons. The Kier molecular flexibility index (Phi) is 3.91. The van der Waals surface area contributed by atoms with Crippen molar-refractivity contribution in [1.82, 2.24) is 0 Å². The van der Waals surface area contributed by atoms with E-state index in [-0.39, 0.29) is 5.78 Å². The first-order chi connectivity index (χ1) is 3.77. The molecule has 0 aromatic heterocycles. The predicted octanol–water partition coefficient (Wildman–Crippen LogP) is 0.0394. The van der Waals surface area contributed by atoms with E-state index in [0.717, 1.165) is 0 Å². The minimum Gasteiger partial charge on any atom is -0.372 e. The van der Waals surface area contributed by atoms with Gasteiger partial charge in [-0.1, -0.05) is 5.92 Å². The number of ketones is 1. The maximum Gasteiger partial charge on any atom is 0.206 e. The van der Waals surface area contributed by atoms with Crippen LogP contribution in [-0.4, -0.2) is 19.5 Å². The van der Waals surface area contributed by atoms with Crippen molar-refractivity contribution in [3.8, 4) is 11.8 Å². The molecule has 0 aromatic carbocycles. The summed E-state index contributed by atoms with van der Waals surface area (Å²) < 4.78 is 4.54. The van der Waals surface area contributed by atoms with Crippen molar-refractivity contribution in [1.29, 1.82) is 0 Å². The molecule has 0 fully saturated rings. The molecule has 0 bridgehead atoms. The number of ether oxygens (including phenoxy) is 1. The first-order valence-corrected chi connectivity index (χ1v) is 2.11. The van der Waals surface area contributed by atoms with Crippen molar-refractivity contribution in [2.45, 2.75) is 0 Å². The Morgan fingerprint density at radius 1 is 1.88 bits per heavy atom. The SMILES string of the molecule is [CH2]C(=O)C#CCOC. The summed E-state index contributed by atoms with van der Waals surface area (Å²) in [7, 11) is 1.52. The molecule has 0 aromatic rings. The normalized spacial score (nSPS) is 7.25. The maximum atomic E-state index is 9.98. The van der Waals surface area contributed by atoms with Gasteiger partial charge in [0.1, 0.15) is 6.61 Å². The number of carbonyl (C=O) groups excluding carboxylic acids is 1. The average molecular weight is 111 g/mol. The smallest absolute Gasteiger partial charge is 0.206 e. The fraction of sp³-hybridized carbons (Fsp3) is 0.333. The second kappa shape index (κ2) is 4.35. The molecular formula is C6H7O2. The number of rotatable bonds is 1. The van der Waals surface area contributed by atoms with Gasteiger partial charge in [0, 0.05) is 14.0 Å². The van der Waals surface area contributed by atoms with Crippen molar-refractivity contribution in [3.05, 3.63) is 6.92 Å². The van der Waals surface area contributed by atoms with Crippen molar-refractivity contribution in [3.63, 3.8) is 0 Å². The largest absolute Gasteiger partial charge is 0.372 e. The zero-order valence-electron chi connectivity index (χ0n) is 4.73. The second-order valence-electron chi connectivity index (χ2n) is 1.16. The highest BCUT2D eigenvalue weighted by atomic mass is 16.5. The lowest BCUT2D eigenvalue weighted by Crippen LogP contribution is -1.85. The summed E-state index contributed by atoms with van der Waals surface area (Å²) in [4.78, 5) is 9.98. The fourth-order valence-electron chi connectivity index (χ4n) is 0.207. The molecule has 0 saturated heterocycles. The number of Topliss-reactive ketones (excluding diaryl/α,β-unsaturated/α-hetero) is 1. The molecule has 0 spiro atoms. The van der Waals surface area contributed by atoms with Crippen LogP contribution >= 0.6 is 0 Å². The molecule has 0 rings (SSSR count). The summed E-state index contributed by atoms with van der Waals surface area (Å²) in [6.07, 6.45) is 0. The zero-order chi connectivity index (χ0) is 6.41. The van der Waals surface area contributed by atoms with Gasteiger partial charge in [-0.25, -0.2) is 0 Å². The minimum atomic E-state index is -0.373. The van der Waals surface area contributed by atoms with E-state index in [2.05, 4.69) is 23.5 Å². The molecule has 0 aliphatic carbocycles. The lowest BCUT2D eigenvalue weighted by Gasteiger charge is -1.79. The van der Waals surface area contributed by atoms with Crippen LogP contribution in [0.1, 0.15) is 0 Å². The van der Waals surface area contributed by atoms with E-state index in [1.807, 2.05) is 0 Å². The van der Waals surface area contributed by atoms with E-state index in [1.165, 1.54) is 7.11 Å². The van der Waals surface area contributed by atoms with Gasteiger partial charge in [0.05, 0.1) is 0 Å². The number of hydrogen-bond donors (Lipinski definition) is 0. The highest BCUT2D eigenvalue weighted by Gasteiger charge is 1.76. The van der Waals surface area contributed by atoms with Gasteiger partial charge < -0.3 is 4.74 Å². The van der Waals surface area contributed by atoms with Crippen LogP contribution in [0.4, 0.5) is 0 Å². The fourth-order valence-corrected chi connectivity index (χ4v) is 0.207. The topological polar surface area (TPSA) is 26.3 Å². The molecule has 0 aliphatic heterocycles. The van der Waals surface area contributed by atoms with E-state index >= 15 is 0 Å². The van der Waals surface area contributed by atoms with E-state index < -0.39 is 0 Å². The molecule has 0 aliphatic rings. The number of carbonyl (C=O) groups is 1. The quantitative estimate of drug-likeness (QED) is 0.353. The van der Waals surface area contributed by atoms with Gasteiger partial charge in [-0.3, -0.25) is 4.79 Å². The molecule has 0 amide bonds. The standard InChI is InChI=1S/C6H7O2/c1-6(7)4-3-5-8-2/h1,5H2,2H3. The lowest BCUT2D eigenvalue weighted by atomic mass is 10.4. The monoisotopic (exact) mass is 111 g/mol. The second-order valence-corrected chi connectivity index (χ2v) is 1.16. The van der Waals surface area contributed by atoms with E-state index in [4.69, 9.17) is 0 Å².